The molecule has 16 heavy (non-hydrogen) atoms. The first-order valence-electron chi connectivity index (χ1n) is 7.01. The van der Waals surface area contributed by atoms with E-state index < -0.39 is 0 Å². The van der Waals surface area contributed by atoms with Crippen molar-refractivity contribution in [3.8, 4) is 0 Å². The smallest absolute Gasteiger partial charge is 0.0167 e. The second-order valence-corrected chi connectivity index (χ2v) is 6.72. The molecule has 1 saturated carbocycles. The molecule has 0 bridgehead atoms. The van der Waals surface area contributed by atoms with Crippen molar-refractivity contribution in [3.05, 3.63) is 0 Å². The minimum atomic E-state index is 0.618. The van der Waals surface area contributed by atoms with E-state index in [0.29, 0.717) is 11.5 Å². The number of hydrogen-bond donors (Lipinski definition) is 1. The average Bonchev–Trinajstić information content (AvgIpc) is 2.21. The molecule has 0 radical (unpaired) electrons. The van der Waals surface area contributed by atoms with Crippen LogP contribution in [-0.2, 0) is 0 Å². The van der Waals surface area contributed by atoms with Crippen molar-refractivity contribution in [1.82, 2.24) is 10.2 Å². The van der Waals surface area contributed by atoms with Crippen molar-refractivity contribution < 1.29 is 0 Å². The Balaban J connectivity index is 1.74. The molecule has 2 heteroatoms. The molecule has 1 aliphatic heterocycles. The van der Waals surface area contributed by atoms with Crippen molar-refractivity contribution in [2.75, 3.05) is 26.2 Å². The minimum Gasteiger partial charge on any atom is -0.312 e. The highest BCUT2D eigenvalue weighted by Crippen LogP contribution is 2.38. The molecule has 2 nitrogen and oxygen atoms in total. The fraction of sp³-hybridized carbons (Fsp3) is 1.00. The van der Waals surface area contributed by atoms with Crippen LogP contribution in [0.2, 0.25) is 0 Å². The molecule has 0 aromatic heterocycles. The van der Waals surface area contributed by atoms with Crippen LogP contribution in [0.25, 0.3) is 0 Å². The Morgan fingerprint density at radius 2 is 1.94 bits per heavy atom. The van der Waals surface area contributed by atoms with E-state index >= 15 is 0 Å². The van der Waals surface area contributed by atoms with Gasteiger partial charge in [-0.2, -0.15) is 0 Å². The third-order valence-electron chi connectivity index (χ3n) is 4.43. The summed E-state index contributed by atoms with van der Waals surface area (Å²) in [6, 6.07) is 0.689. The van der Waals surface area contributed by atoms with E-state index in [1.54, 1.807) is 0 Å². The normalized spacial score (nSPS) is 32.8. The van der Waals surface area contributed by atoms with Gasteiger partial charge in [0.15, 0.2) is 0 Å². The molecule has 2 rings (SSSR count). The summed E-state index contributed by atoms with van der Waals surface area (Å²) in [6.07, 6.45) is 5.76. The Morgan fingerprint density at radius 1 is 1.25 bits per heavy atom. The van der Waals surface area contributed by atoms with Gasteiger partial charge in [0.05, 0.1) is 0 Å². The maximum atomic E-state index is 3.52. The highest BCUT2D eigenvalue weighted by molar-refractivity contribution is 4.82. The topological polar surface area (TPSA) is 15.3 Å². The Kier molecular flexibility index (Phi) is 3.91. The molecule has 2 aliphatic rings. The second-order valence-electron chi connectivity index (χ2n) is 6.72. The van der Waals surface area contributed by atoms with Crippen LogP contribution in [0, 0.1) is 11.3 Å². The van der Waals surface area contributed by atoms with Crippen LogP contribution >= 0.6 is 0 Å². The molecular weight excluding hydrogens is 196 g/mol. The van der Waals surface area contributed by atoms with Crippen molar-refractivity contribution in [2.24, 2.45) is 11.3 Å². The SMILES string of the molecule is C[C@H]1CN(CC2CCC(C)(C)CC2)CCN1. The second kappa shape index (κ2) is 5.05. The average molecular weight is 224 g/mol. The van der Waals surface area contributed by atoms with Crippen LogP contribution in [-0.4, -0.2) is 37.1 Å². The van der Waals surface area contributed by atoms with Gasteiger partial charge in [0.1, 0.15) is 0 Å². The van der Waals surface area contributed by atoms with Crippen LogP contribution in [0.1, 0.15) is 46.5 Å². The van der Waals surface area contributed by atoms with Gasteiger partial charge in [-0.3, -0.25) is 0 Å². The molecule has 1 saturated heterocycles. The first kappa shape index (κ1) is 12.4. The molecule has 0 spiro atoms. The zero-order valence-electron chi connectivity index (χ0n) is 11.3. The van der Waals surface area contributed by atoms with E-state index in [-0.39, 0.29) is 0 Å². The van der Waals surface area contributed by atoms with Gasteiger partial charge in [-0.1, -0.05) is 13.8 Å². The van der Waals surface area contributed by atoms with Gasteiger partial charge in [-0.25, -0.2) is 0 Å². The predicted octanol–water partition coefficient (Wildman–Crippen LogP) is 2.50. The summed E-state index contributed by atoms with van der Waals surface area (Å²) < 4.78 is 0. The van der Waals surface area contributed by atoms with E-state index in [4.69, 9.17) is 0 Å². The minimum absolute atomic E-state index is 0.618. The first-order chi connectivity index (χ1) is 7.55. The first-order valence-corrected chi connectivity index (χ1v) is 7.01. The summed E-state index contributed by atoms with van der Waals surface area (Å²) in [6.45, 7) is 12.2. The Labute approximate surface area is 101 Å². The summed E-state index contributed by atoms with van der Waals surface area (Å²) in [5.41, 5.74) is 0.618. The lowest BCUT2D eigenvalue weighted by Gasteiger charge is -2.39. The molecule has 0 amide bonds. The van der Waals surface area contributed by atoms with Crippen LogP contribution in [0.3, 0.4) is 0 Å². The van der Waals surface area contributed by atoms with Gasteiger partial charge in [-0.05, 0) is 43.9 Å². The zero-order valence-corrected chi connectivity index (χ0v) is 11.3. The quantitative estimate of drug-likeness (QED) is 0.775. The van der Waals surface area contributed by atoms with E-state index in [2.05, 4.69) is 31.0 Å². The van der Waals surface area contributed by atoms with E-state index in [9.17, 15) is 0 Å². The van der Waals surface area contributed by atoms with Crippen LogP contribution in [0.5, 0.6) is 0 Å². The molecule has 0 aromatic carbocycles. The molecule has 1 heterocycles. The molecule has 1 N–H and O–H groups in total. The lowest BCUT2D eigenvalue weighted by molar-refractivity contribution is 0.125. The third-order valence-corrected chi connectivity index (χ3v) is 4.43. The van der Waals surface area contributed by atoms with Gasteiger partial charge >= 0.3 is 0 Å². The monoisotopic (exact) mass is 224 g/mol. The fourth-order valence-electron chi connectivity index (χ4n) is 3.18. The summed E-state index contributed by atoms with van der Waals surface area (Å²) in [4.78, 5) is 2.67. The number of hydrogen-bond acceptors (Lipinski definition) is 2. The van der Waals surface area contributed by atoms with Crippen LogP contribution in [0.15, 0.2) is 0 Å². The highest BCUT2D eigenvalue weighted by Gasteiger charge is 2.28. The zero-order chi connectivity index (χ0) is 11.6. The van der Waals surface area contributed by atoms with Gasteiger partial charge in [0, 0.05) is 32.2 Å². The maximum absolute atomic E-state index is 3.52. The molecule has 0 aromatic rings. The lowest BCUT2D eigenvalue weighted by atomic mass is 9.73. The standard InChI is InChI=1S/C14H28N2/c1-12-10-16(9-8-15-12)11-13-4-6-14(2,3)7-5-13/h12-13,15H,4-11H2,1-3H3/t12-/m0/s1. The summed E-state index contributed by atoms with van der Waals surface area (Å²) in [7, 11) is 0. The summed E-state index contributed by atoms with van der Waals surface area (Å²) in [5, 5.41) is 3.52. The third kappa shape index (κ3) is 3.46. The molecule has 1 atom stereocenters. The number of rotatable bonds is 2. The van der Waals surface area contributed by atoms with Crippen molar-refractivity contribution in [2.45, 2.75) is 52.5 Å². The molecule has 0 unspecified atom stereocenters. The van der Waals surface area contributed by atoms with E-state index in [0.717, 1.165) is 5.92 Å². The van der Waals surface area contributed by atoms with Gasteiger partial charge in [-0.15, -0.1) is 0 Å². The largest absolute Gasteiger partial charge is 0.312 e. The van der Waals surface area contributed by atoms with Gasteiger partial charge < -0.3 is 10.2 Å². The highest BCUT2D eigenvalue weighted by atomic mass is 15.2. The number of nitrogens with one attached hydrogen (secondary N) is 1. The summed E-state index contributed by atoms with van der Waals surface area (Å²) >= 11 is 0. The van der Waals surface area contributed by atoms with Crippen LogP contribution in [0.4, 0.5) is 0 Å². The van der Waals surface area contributed by atoms with Crippen molar-refractivity contribution in [1.29, 1.82) is 0 Å². The van der Waals surface area contributed by atoms with Crippen LogP contribution < -0.4 is 5.32 Å². The maximum Gasteiger partial charge on any atom is 0.0167 e. The van der Waals surface area contributed by atoms with E-state index in [1.807, 2.05) is 0 Å². The molecular formula is C14H28N2. The van der Waals surface area contributed by atoms with Crippen molar-refractivity contribution >= 4 is 0 Å². The molecule has 94 valence electrons. The number of piperazine rings is 1. The van der Waals surface area contributed by atoms with Gasteiger partial charge in [0.2, 0.25) is 0 Å². The van der Waals surface area contributed by atoms with Crippen molar-refractivity contribution in [3.63, 3.8) is 0 Å². The lowest BCUT2D eigenvalue weighted by Crippen LogP contribution is -2.50. The fourth-order valence-corrected chi connectivity index (χ4v) is 3.18. The van der Waals surface area contributed by atoms with E-state index in [1.165, 1.54) is 51.9 Å². The Morgan fingerprint density at radius 3 is 2.56 bits per heavy atom. The Hall–Kier alpha value is -0.0800. The predicted molar refractivity (Wildman–Crippen MR) is 69.6 cm³/mol. The molecule has 1 aliphatic carbocycles. The Bertz CT molecular complexity index is 215. The van der Waals surface area contributed by atoms with Gasteiger partial charge in [0.25, 0.3) is 0 Å². The molecule has 2 fully saturated rings. The summed E-state index contributed by atoms with van der Waals surface area (Å²) in [5.74, 6) is 0.971. The number of nitrogens with zero attached hydrogens (tertiary/aromatic N) is 1.